The summed E-state index contributed by atoms with van der Waals surface area (Å²) in [5.74, 6) is -0.167. The summed E-state index contributed by atoms with van der Waals surface area (Å²) in [6.45, 7) is 3.36. The highest BCUT2D eigenvalue weighted by Gasteiger charge is 2.36. The fourth-order valence-electron chi connectivity index (χ4n) is 5.51. The number of benzene rings is 1. The number of nitrogens with two attached hydrogens (primary N) is 1. The van der Waals surface area contributed by atoms with Gasteiger partial charge in [0.25, 0.3) is 5.91 Å². The van der Waals surface area contributed by atoms with Crippen molar-refractivity contribution < 1.29 is 27.9 Å². The third-order valence-corrected chi connectivity index (χ3v) is 8.20. The SMILES string of the molecule is Cc1c(CN(C=O)C(C)C2CC2)cc(-c2ccn3nc(N)c(C(=O)NC4CCC(O)CC4)c3n2)cc1C(F)(F)F. The normalized spacial score (nSPS) is 20.4. The summed E-state index contributed by atoms with van der Waals surface area (Å²) in [7, 11) is 0. The van der Waals surface area contributed by atoms with E-state index in [9.17, 15) is 27.9 Å². The maximum atomic E-state index is 14.1. The van der Waals surface area contributed by atoms with Gasteiger partial charge in [-0.15, -0.1) is 5.10 Å². The van der Waals surface area contributed by atoms with Crippen molar-refractivity contribution >= 4 is 23.8 Å². The van der Waals surface area contributed by atoms with Crippen LogP contribution < -0.4 is 11.1 Å². The summed E-state index contributed by atoms with van der Waals surface area (Å²) in [4.78, 5) is 31.1. The number of rotatable bonds is 8. The molecule has 0 bridgehead atoms. The van der Waals surface area contributed by atoms with Crippen molar-refractivity contribution in [1.29, 1.82) is 0 Å². The minimum atomic E-state index is -4.62. The quantitative estimate of drug-likeness (QED) is 0.358. The van der Waals surface area contributed by atoms with E-state index >= 15 is 0 Å². The molecular weight excluding hydrogens is 525 g/mol. The van der Waals surface area contributed by atoms with Gasteiger partial charge in [-0.2, -0.15) is 13.2 Å². The fraction of sp³-hybridized carbons (Fsp3) is 0.500. The molecule has 2 fully saturated rings. The molecule has 0 spiro atoms. The highest BCUT2D eigenvalue weighted by Crippen LogP contribution is 2.39. The van der Waals surface area contributed by atoms with Crippen molar-refractivity contribution in [1.82, 2.24) is 24.8 Å². The first-order valence-electron chi connectivity index (χ1n) is 13.5. The average Bonchev–Trinajstić information content (AvgIpc) is 3.70. The second kappa shape index (κ2) is 10.7. The Bertz CT molecular complexity index is 1430. The van der Waals surface area contributed by atoms with Crippen LogP contribution in [0.5, 0.6) is 0 Å². The van der Waals surface area contributed by atoms with Gasteiger partial charge in [0.1, 0.15) is 5.56 Å². The van der Waals surface area contributed by atoms with Gasteiger partial charge in [-0.1, -0.05) is 0 Å². The lowest BCUT2D eigenvalue weighted by Crippen LogP contribution is -2.38. The van der Waals surface area contributed by atoms with Crippen molar-refractivity contribution in [3.8, 4) is 11.3 Å². The molecule has 9 nitrogen and oxygen atoms in total. The predicted octanol–water partition coefficient (Wildman–Crippen LogP) is 4.10. The first-order chi connectivity index (χ1) is 19.0. The molecule has 214 valence electrons. The number of halogens is 3. The number of hydrogen-bond acceptors (Lipinski definition) is 6. The number of aliphatic hydroxyl groups is 1. The molecule has 3 aromatic rings. The molecule has 2 saturated carbocycles. The lowest BCUT2D eigenvalue weighted by Gasteiger charge is -2.27. The van der Waals surface area contributed by atoms with Crippen LogP contribution in [0.1, 0.15) is 72.5 Å². The van der Waals surface area contributed by atoms with Gasteiger partial charge >= 0.3 is 6.18 Å². The van der Waals surface area contributed by atoms with Gasteiger partial charge < -0.3 is 21.1 Å². The average molecular weight is 559 g/mol. The van der Waals surface area contributed by atoms with E-state index in [1.54, 1.807) is 11.0 Å². The zero-order valence-electron chi connectivity index (χ0n) is 22.4. The highest BCUT2D eigenvalue weighted by atomic mass is 19.4. The number of nitrogens with one attached hydrogen (secondary N) is 1. The number of alkyl halides is 3. The smallest absolute Gasteiger partial charge is 0.393 e. The molecule has 4 N–H and O–H groups in total. The van der Waals surface area contributed by atoms with Crippen molar-refractivity contribution in [2.45, 2.75) is 83.3 Å². The summed E-state index contributed by atoms with van der Waals surface area (Å²) < 4.78 is 43.7. The summed E-state index contributed by atoms with van der Waals surface area (Å²) in [5, 5.41) is 16.8. The Morgan fingerprint density at radius 2 is 1.95 bits per heavy atom. The number of carbonyl (C=O) groups excluding carboxylic acids is 2. The molecule has 40 heavy (non-hydrogen) atoms. The van der Waals surface area contributed by atoms with Gasteiger partial charge in [0, 0.05) is 30.4 Å². The van der Waals surface area contributed by atoms with Gasteiger partial charge in [0.15, 0.2) is 11.5 Å². The fourth-order valence-corrected chi connectivity index (χ4v) is 5.51. The maximum Gasteiger partial charge on any atom is 0.416 e. The minimum absolute atomic E-state index is 0.0372. The standard InChI is InChI=1S/C28H33F3N6O3/c1-15-19(13-36(14-38)16(2)17-3-4-17)11-18(12-22(15)28(29,30)31)23-9-10-37-26(34-23)24(25(32)35-37)27(40)33-20-5-7-21(39)8-6-20/h9-12,14,16-17,20-21,39H,3-8,13H2,1-2H3,(H2,32,35)(H,33,40). The van der Waals surface area contributed by atoms with E-state index in [1.165, 1.54) is 23.7 Å². The topological polar surface area (TPSA) is 126 Å². The minimum Gasteiger partial charge on any atom is -0.393 e. The highest BCUT2D eigenvalue weighted by molar-refractivity contribution is 6.04. The largest absolute Gasteiger partial charge is 0.416 e. The van der Waals surface area contributed by atoms with E-state index in [4.69, 9.17) is 5.73 Å². The van der Waals surface area contributed by atoms with E-state index in [0.717, 1.165) is 18.9 Å². The van der Waals surface area contributed by atoms with E-state index in [1.807, 2.05) is 6.92 Å². The molecule has 0 radical (unpaired) electrons. The number of aliphatic hydroxyl groups excluding tert-OH is 1. The van der Waals surface area contributed by atoms with Crippen LogP contribution in [0.2, 0.25) is 0 Å². The number of anilines is 1. The predicted molar refractivity (Wildman–Crippen MR) is 142 cm³/mol. The van der Waals surface area contributed by atoms with Crippen molar-refractivity contribution in [3.63, 3.8) is 0 Å². The Kier molecular flexibility index (Phi) is 7.47. The molecule has 2 heterocycles. The van der Waals surface area contributed by atoms with Crippen LogP contribution in [-0.2, 0) is 17.5 Å². The van der Waals surface area contributed by atoms with Crippen LogP contribution in [0.4, 0.5) is 19.0 Å². The molecule has 1 unspecified atom stereocenters. The van der Waals surface area contributed by atoms with Crippen LogP contribution in [-0.4, -0.2) is 55.1 Å². The Hall–Kier alpha value is -3.67. The van der Waals surface area contributed by atoms with Gasteiger partial charge in [-0.3, -0.25) is 9.59 Å². The van der Waals surface area contributed by atoms with Gasteiger partial charge in [0.05, 0.1) is 17.4 Å². The summed E-state index contributed by atoms with van der Waals surface area (Å²) >= 11 is 0. The Morgan fingerprint density at radius 3 is 2.58 bits per heavy atom. The zero-order valence-corrected chi connectivity index (χ0v) is 22.4. The molecule has 2 aromatic heterocycles. The zero-order chi connectivity index (χ0) is 28.8. The van der Waals surface area contributed by atoms with Crippen molar-refractivity contribution in [2.24, 2.45) is 5.92 Å². The van der Waals surface area contributed by atoms with Crippen LogP contribution in [0, 0.1) is 12.8 Å². The van der Waals surface area contributed by atoms with E-state index in [2.05, 4.69) is 15.4 Å². The van der Waals surface area contributed by atoms with Crippen LogP contribution >= 0.6 is 0 Å². The number of carbonyl (C=O) groups is 2. The number of nitrogens with zero attached hydrogens (tertiary/aromatic N) is 4. The molecule has 12 heteroatoms. The second-order valence-electron chi connectivity index (χ2n) is 11.0. The van der Waals surface area contributed by atoms with Gasteiger partial charge in [0.2, 0.25) is 6.41 Å². The van der Waals surface area contributed by atoms with E-state index in [-0.39, 0.29) is 58.6 Å². The van der Waals surface area contributed by atoms with E-state index in [0.29, 0.717) is 43.6 Å². The summed E-state index contributed by atoms with van der Waals surface area (Å²) in [5.41, 5.74) is 6.26. The lowest BCUT2D eigenvalue weighted by atomic mass is 9.93. The summed E-state index contributed by atoms with van der Waals surface area (Å²) in [6.07, 6.45) is 1.59. The number of nitrogen functional groups attached to an aromatic ring is 1. The number of fused-ring (bicyclic) bond motifs is 1. The number of aromatic nitrogens is 3. The Morgan fingerprint density at radius 1 is 1.25 bits per heavy atom. The van der Waals surface area contributed by atoms with Gasteiger partial charge in [-0.05, 0) is 87.6 Å². The molecule has 1 aromatic carbocycles. The van der Waals surface area contributed by atoms with Crippen LogP contribution in [0.15, 0.2) is 24.4 Å². The molecule has 5 rings (SSSR count). The second-order valence-corrected chi connectivity index (χ2v) is 11.0. The van der Waals surface area contributed by atoms with Crippen LogP contribution in [0.3, 0.4) is 0 Å². The third-order valence-electron chi connectivity index (χ3n) is 8.20. The van der Waals surface area contributed by atoms with E-state index < -0.39 is 17.6 Å². The van der Waals surface area contributed by atoms with Crippen LogP contribution in [0.25, 0.3) is 16.9 Å². The Balaban J connectivity index is 1.52. The molecule has 2 aliphatic rings. The van der Waals surface area contributed by atoms with Crippen molar-refractivity contribution in [2.75, 3.05) is 5.73 Å². The van der Waals surface area contributed by atoms with Crippen molar-refractivity contribution in [3.05, 3.63) is 46.6 Å². The molecular formula is C28H33F3N6O3. The molecule has 0 aliphatic heterocycles. The summed E-state index contributed by atoms with van der Waals surface area (Å²) in [6, 6.07) is 3.96. The Labute approximate surface area is 229 Å². The maximum absolute atomic E-state index is 14.1. The van der Waals surface area contributed by atoms with Gasteiger partial charge in [-0.25, -0.2) is 9.50 Å². The number of amides is 2. The molecule has 2 amide bonds. The third kappa shape index (κ3) is 5.63. The first-order valence-corrected chi connectivity index (χ1v) is 13.5. The monoisotopic (exact) mass is 558 g/mol. The molecule has 2 aliphatic carbocycles. The lowest BCUT2D eigenvalue weighted by molar-refractivity contribution is -0.138. The molecule has 1 atom stereocenters. The molecule has 0 saturated heterocycles. The number of hydrogen-bond donors (Lipinski definition) is 3. The first kappa shape index (κ1) is 27.9.